The zero-order chi connectivity index (χ0) is 14.5. The number of sulfonamides is 1. The molecule has 0 atom stereocenters. The summed E-state index contributed by atoms with van der Waals surface area (Å²) in [5.74, 6) is 0. The molecule has 0 saturated carbocycles. The molecule has 0 unspecified atom stereocenters. The van der Waals surface area contributed by atoms with Crippen LogP contribution in [0.4, 0.5) is 0 Å². The van der Waals surface area contributed by atoms with Crippen molar-refractivity contribution in [3.05, 3.63) is 28.2 Å². The van der Waals surface area contributed by atoms with Crippen LogP contribution in [0.1, 0.15) is 12.8 Å². The van der Waals surface area contributed by atoms with Gasteiger partial charge >= 0.3 is 0 Å². The van der Waals surface area contributed by atoms with Crippen LogP contribution >= 0.6 is 23.2 Å². The summed E-state index contributed by atoms with van der Waals surface area (Å²) in [7, 11) is 0.370. The molecule has 19 heavy (non-hydrogen) atoms. The zero-order valence-electron chi connectivity index (χ0n) is 11.0. The second-order valence-electron chi connectivity index (χ2n) is 4.48. The summed E-state index contributed by atoms with van der Waals surface area (Å²) >= 11 is 11.7. The molecule has 0 heterocycles. The average Bonchev–Trinajstić information content (AvgIpc) is 2.31. The molecular weight excluding hydrogens is 307 g/mol. The largest absolute Gasteiger partial charge is 0.309 e. The maximum Gasteiger partial charge on any atom is 0.242 e. The molecule has 0 fully saturated rings. The molecule has 1 aromatic rings. The third kappa shape index (κ3) is 5.67. The van der Waals surface area contributed by atoms with Crippen molar-refractivity contribution in [2.24, 2.45) is 0 Å². The number of nitrogens with one attached hydrogen (secondary N) is 1. The molecule has 0 aliphatic rings. The van der Waals surface area contributed by atoms with Gasteiger partial charge in [-0.15, -0.1) is 0 Å². The van der Waals surface area contributed by atoms with Gasteiger partial charge < -0.3 is 4.90 Å². The highest BCUT2D eigenvalue weighted by molar-refractivity contribution is 7.89. The molecule has 108 valence electrons. The van der Waals surface area contributed by atoms with Crippen LogP contribution < -0.4 is 4.72 Å². The minimum atomic E-state index is -3.59. The summed E-state index contributed by atoms with van der Waals surface area (Å²) in [6.07, 6.45) is 1.70. The molecule has 0 aliphatic carbocycles. The van der Waals surface area contributed by atoms with Gasteiger partial charge in [0.25, 0.3) is 0 Å². The molecule has 1 N–H and O–H groups in total. The number of benzene rings is 1. The van der Waals surface area contributed by atoms with Crippen molar-refractivity contribution in [1.82, 2.24) is 9.62 Å². The first-order valence-electron chi connectivity index (χ1n) is 5.92. The molecular formula is C12H18Cl2N2O2S. The van der Waals surface area contributed by atoms with E-state index in [4.69, 9.17) is 23.2 Å². The Bertz CT molecular complexity index is 518. The lowest BCUT2D eigenvalue weighted by Crippen LogP contribution is -2.25. The Morgan fingerprint density at radius 1 is 1.21 bits per heavy atom. The van der Waals surface area contributed by atoms with Gasteiger partial charge in [0, 0.05) is 11.6 Å². The van der Waals surface area contributed by atoms with Gasteiger partial charge in [-0.2, -0.15) is 0 Å². The van der Waals surface area contributed by atoms with Gasteiger partial charge in [-0.1, -0.05) is 23.2 Å². The highest BCUT2D eigenvalue weighted by Crippen LogP contribution is 2.24. The van der Waals surface area contributed by atoms with Crippen LogP contribution in [0.2, 0.25) is 10.0 Å². The highest BCUT2D eigenvalue weighted by Gasteiger charge is 2.17. The number of unbranched alkanes of at least 4 members (excludes halogenated alkanes) is 1. The van der Waals surface area contributed by atoms with Crippen LogP contribution in [0, 0.1) is 0 Å². The molecule has 7 heteroatoms. The van der Waals surface area contributed by atoms with E-state index in [1.165, 1.54) is 12.1 Å². The minimum absolute atomic E-state index is 0.0225. The standard InChI is InChI=1S/C12H18Cl2N2O2S/c1-16(2)8-4-3-7-15-19(17,18)12-9-10(13)5-6-11(12)14/h5-6,9,15H,3-4,7-8H2,1-2H3. The summed E-state index contributed by atoms with van der Waals surface area (Å²) in [4.78, 5) is 2.08. The Hall–Kier alpha value is -0.330. The fraction of sp³-hybridized carbons (Fsp3) is 0.500. The van der Waals surface area contributed by atoms with Crippen molar-refractivity contribution in [3.8, 4) is 0 Å². The number of rotatable bonds is 7. The smallest absolute Gasteiger partial charge is 0.242 e. The number of halogens is 2. The maximum atomic E-state index is 12.0. The summed E-state index contributed by atoms with van der Waals surface area (Å²) in [5.41, 5.74) is 0. The molecule has 1 aromatic carbocycles. The Labute approximate surface area is 124 Å². The second-order valence-corrected chi connectivity index (χ2v) is 7.06. The van der Waals surface area contributed by atoms with Crippen LogP contribution in [-0.2, 0) is 10.0 Å². The van der Waals surface area contributed by atoms with E-state index in [-0.39, 0.29) is 9.92 Å². The van der Waals surface area contributed by atoms with Gasteiger partial charge in [0.15, 0.2) is 0 Å². The van der Waals surface area contributed by atoms with E-state index in [1.54, 1.807) is 6.07 Å². The van der Waals surface area contributed by atoms with Crippen molar-refractivity contribution in [1.29, 1.82) is 0 Å². The normalized spacial score (nSPS) is 12.1. The third-order valence-electron chi connectivity index (χ3n) is 2.51. The Morgan fingerprint density at radius 2 is 1.89 bits per heavy atom. The van der Waals surface area contributed by atoms with E-state index >= 15 is 0 Å². The molecule has 0 radical (unpaired) electrons. The van der Waals surface area contributed by atoms with E-state index in [2.05, 4.69) is 9.62 Å². The molecule has 0 amide bonds. The third-order valence-corrected chi connectivity index (χ3v) is 4.68. The minimum Gasteiger partial charge on any atom is -0.309 e. The van der Waals surface area contributed by atoms with Crippen molar-refractivity contribution in [2.75, 3.05) is 27.2 Å². The fourth-order valence-electron chi connectivity index (χ4n) is 1.52. The topological polar surface area (TPSA) is 49.4 Å². The van der Waals surface area contributed by atoms with E-state index in [0.29, 0.717) is 11.6 Å². The molecule has 0 spiro atoms. The van der Waals surface area contributed by atoms with E-state index < -0.39 is 10.0 Å². The van der Waals surface area contributed by atoms with E-state index in [9.17, 15) is 8.42 Å². The van der Waals surface area contributed by atoms with E-state index in [1.807, 2.05) is 14.1 Å². The Kier molecular flexibility index (Phi) is 6.56. The SMILES string of the molecule is CN(C)CCCCNS(=O)(=O)c1cc(Cl)ccc1Cl. The van der Waals surface area contributed by atoms with Gasteiger partial charge in [-0.25, -0.2) is 13.1 Å². The summed E-state index contributed by atoms with van der Waals surface area (Å²) in [6, 6.07) is 4.39. The number of nitrogens with zero attached hydrogens (tertiary/aromatic N) is 1. The quantitative estimate of drug-likeness (QED) is 0.784. The number of hydrogen-bond acceptors (Lipinski definition) is 3. The van der Waals surface area contributed by atoms with Crippen LogP contribution in [0.3, 0.4) is 0 Å². The Balaban J connectivity index is 2.59. The lowest BCUT2D eigenvalue weighted by molar-refractivity contribution is 0.394. The first-order valence-corrected chi connectivity index (χ1v) is 8.16. The summed E-state index contributed by atoms with van der Waals surface area (Å²) < 4.78 is 26.6. The molecule has 0 aliphatic heterocycles. The Morgan fingerprint density at radius 3 is 2.53 bits per heavy atom. The number of hydrogen-bond donors (Lipinski definition) is 1. The zero-order valence-corrected chi connectivity index (χ0v) is 13.3. The van der Waals surface area contributed by atoms with Crippen molar-refractivity contribution >= 4 is 33.2 Å². The monoisotopic (exact) mass is 324 g/mol. The van der Waals surface area contributed by atoms with Gasteiger partial charge in [-0.05, 0) is 51.7 Å². The van der Waals surface area contributed by atoms with Gasteiger partial charge in [-0.3, -0.25) is 0 Å². The molecule has 1 rings (SSSR count). The van der Waals surface area contributed by atoms with Gasteiger partial charge in [0.1, 0.15) is 4.90 Å². The molecule has 0 aromatic heterocycles. The van der Waals surface area contributed by atoms with Crippen LogP contribution in [-0.4, -0.2) is 40.5 Å². The van der Waals surface area contributed by atoms with E-state index in [0.717, 1.165) is 19.4 Å². The fourth-order valence-corrected chi connectivity index (χ4v) is 3.35. The highest BCUT2D eigenvalue weighted by atomic mass is 35.5. The van der Waals surface area contributed by atoms with Crippen LogP contribution in [0.25, 0.3) is 0 Å². The van der Waals surface area contributed by atoms with Crippen molar-refractivity contribution < 1.29 is 8.42 Å². The second kappa shape index (κ2) is 7.45. The first-order chi connectivity index (χ1) is 8.83. The summed E-state index contributed by atoms with van der Waals surface area (Å²) in [5, 5.41) is 0.516. The van der Waals surface area contributed by atoms with Crippen LogP contribution in [0.5, 0.6) is 0 Å². The van der Waals surface area contributed by atoms with Crippen molar-refractivity contribution in [3.63, 3.8) is 0 Å². The predicted octanol–water partition coefficient (Wildman–Crippen LogP) is 2.61. The predicted molar refractivity (Wildman–Crippen MR) is 79.4 cm³/mol. The van der Waals surface area contributed by atoms with Crippen LogP contribution in [0.15, 0.2) is 23.1 Å². The van der Waals surface area contributed by atoms with Gasteiger partial charge in [0.05, 0.1) is 5.02 Å². The molecule has 0 bridgehead atoms. The first kappa shape index (κ1) is 16.7. The average molecular weight is 325 g/mol. The maximum absolute atomic E-state index is 12.0. The van der Waals surface area contributed by atoms with Crippen molar-refractivity contribution in [2.45, 2.75) is 17.7 Å². The molecule has 4 nitrogen and oxygen atoms in total. The summed E-state index contributed by atoms with van der Waals surface area (Å²) in [6.45, 7) is 1.32. The lowest BCUT2D eigenvalue weighted by atomic mass is 10.3. The van der Waals surface area contributed by atoms with Gasteiger partial charge in [0.2, 0.25) is 10.0 Å². The molecule has 0 saturated heterocycles. The lowest BCUT2D eigenvalue weighted by Gasteiger charge is -2.10.